The van der Waals surface area contributed by atoms with Crippen LogP contribution in [0.5, 0.6) is 0 Å². The largest absolute Gasteiger partial charge is 0.244 e. The van der Waals surface area contributed by atoms with E-state index in [4.69, 9.17) is 0 Å². The van der Waals surface area contributed by atoms with E-state index >= 15 is 0 Å². The van der Waals surface area contributed by atoms with Gasteiger partial charge in [-0.15, -0.1) is 0 Å². The van der Waals surface area contributed by atoms with Crippen molar-refractivity contribution in [3.8, 4) is 0 Å². The summed E-state index contributed by atoms with van der Waals surface area (Å²) >= 11 is 0. The second-order valence-corrected chi connectivity index (χ2v) is 8.85. The lowest BCUT2D eigenvalue weighted by molar-refractivity contribution is 0.382. The summed E-state index contributed by atoms with van der Waals surface area (Å²) in [6, 6.07) is 21.9. The molecular formula is C29H39N2+. The van der Waals surface area contributed by atoms with Crippen LogP contribution >= 0.6 is 0 Å². The minimum atomic E-state index is 0.363. The first kappa shape index (κ1) is 23.3. The normalized spacial score (nSPS) is 14.8. The Labute approximate surface area is 189 Å². The minimum absolute atomic E-state index is 0.363. The third-order valence-corrected chi connectivity index (χ3v) is 6.44. The van der Waals surface area contributed by atoms with Crippen LogP contribution in [0.25, 0.3) is 0 Å². The maximum Gasteiger partial charge on any atom is 0.244 e. The van der Waals surface area contributed by atoms with E-state index in [-0.39, 0.29) is 0 Å². The predicted molar refractivity (Wildman–Crippen MR) is 135 cm³/mol. The standard InChI is InChI=1S/C29H39N2/c1-2-3-4-5-6-7-8-9-16-21-27(29-30-22-23-31-29)28(26-19-14-11-15-20-26)24-25-17-12-10-13-18-25/h10-15,17-20,22-23,27-28H,2-9,16,21,24H2,1H3/q+1. The summed E-state index contributed by atoms with van der Waals surface area (Å²) in [5.74, 6) is 0.766. The van der Waals surface area contributed by atoms with Crippen LogP contribution in [0.3, 0.4) is 0 Å². The van der Waals surface area contributed by atoms with Crippen molar-refractivity contribution in [2.24, 2.45) is 15.9 Å². The van der Waals surface area contributed by atoms with E-state index in [2.05, 4.69) is 77.6 Å². The number of hydrogen-bond acceptors (Lipinski definition) is 2. The molecule has 0 saturated carbocycles. The van der Waals surface area contributed by atoms with E-state index in [9.17, 15) is 0 Å². The molecule has 31 heavy (non-hydrogen) atoms. The van der Waals surface area contributed by atoms with Gasteiger partial charge in [-0.1, -0.05) is 135 Å². The zero-order valence-electron chi connectivity index (χ0n) is 19.3. The van der Waals surface area contributed by atoms with Crippen molar-refractivity contribution in [1.82, 2.24) is 0 Å². The Bertz CT molecular complexity index is 754. The molecule has 0 saturated heterocycles. The Hall–Kier alpha value is -2.35. The second-order valence-electron chi connectivity index (χ2n) is 8.85. The molecule has 2 aromatic rings. The molecule has 0 aliphatic carbocycles. The van der Waals surface area contributed by atoms with E-state index in [0.29, 0.717) is 11.8 Å². The van der Waals surface area contributed by atoms with Crippen LogP contribution < -0.4 is 0 Å². The van der Waals surface area contributed by atoms with Crippen LogP contribution in [-0.2, 0) is 6.42 Å². The molecule has 3 rings (SSSR count). The lowest BCUT2D eigenvalue weighted by Crippen LogP contribution is -2.20. The van der Waals surface area contributed by atoms with Crippen molar-refractivity contribution in [2.45, 2.75) is 83.5 Å². The van der Waals surface area contributed by atoms with Gasteiger partial charge in [-0.05, 0) is 24.0 Å². The van der Waals surface area contributed by atoms with E-state index in [0.717, 1.165) is 19.0 Å². The van der Waals surface area contributed by atoms with Gasteiger partial charge in [-0.2, -0.15) is 0 Å². The van der Waals surface area contributed by atoms with E-state index in [1.807, 2.05) is 12.4 Å². The fourth-order valence-electron chi connectivity index (χ4n) is 4.69. The zero-order valence-corrected chi connectivity index (χ0v) is 19.3. The molecule has 1 aliphatic heterocycles. The van der Waals surface area contributed by atoms with Crippen molar-refractivity contribution in [3.63, 3.8) is 0 Å². The first-order valence-electron chi connectivity index (χ1n) is 12.4. The molecule has 0 aromatic heterocycles. The Kier molecular flexibility index (Phi) is 10.4. The monoisotopic (exact) mass is 415 g/mol. The Morgan fingerprint density at radius 2 is 1.23 bits per heavy atom. The van der Waals surface area contributed by atoms with Crippen molar-refractivity contribution in [1.29, 1.82) is 0 Å². The molecule has 0 spiro atoms. The zero-order chi connectivity index (χ0) is 21.6. The fraction of sp³-hybridized carbons (Fsp3) is 0.483. The molecule has 2 heteroatoms. The highest BCUT2D eigenvalue weighted by Crippen LogP contribution is 2.40. The number of benzene rings is 2. The first-order valence-corrected chi connectivity index (χ1v) is 12.4. The average Bonchev–Trinajstić information content (AvgIpc) is 3.35. The van der Waals surface area contributed by atoms with Crippen molar-refractivity contribution in [3.05, 3.63) is 78.0 Å². The van der Waals surface area contributed by atoms with E-state index in [1.165, 1.54) is 68.9 Å². The van der Waals surface area contributed by atoms with Crippen LogP contribution in [0.4, 0.5) is 0 Å². The quantitative estimate of drug-likeness (QED) is 0.207. The second kappa shape index (κ2) is 13.9. The molecule has 0 radical (unpaired) electrons. The lowest BCUT2D eigenvalue weighted by atomic mass is 9.77. The highest BCUT2D eigenvalue weighted by atomic mass is 15.0. The maximum absolute atomic E-state index is 4.65. The molecule has 2 atom stereocenters. The summed E-state index contributed by atoms with van der Waals surface area (Å²) in [7, 11) is 0. The van der Waals surface area contributed by atoms with Gasteiger partial charge in [0.25, 0.3) is 0 Å². The van der Waals surface area contributed by atoms with Gasteiger partial charge < -0.3 is 0 Å². The van der Waals surface area contributed by atoms with Crippen LogP contribution in [0.1, 0.15) is 88.2 Å². The Morgan fingerprint density at radius 3 is 1.84 bits per heavy atom. The molecule has 1 heterocycles. The van der Waals surface area contributed by atoms with Gasteiger partial charge in [0.05, 0.1) is 5.92 Å². The summed E-state index contributed by atoms with van der Waals surface area (Å²) < 4.78 is 0. The van der Waals surface area contributed by atoms with Gasteiger partial charge in [-0.25, -0.2) is 0 Å². The number of hydrogen-bond donors (Lipinski definition) is 0. The summed E-state index contributed by atoms with van der Waals surface area (Å²) in [4.78, 5) is 9.30. The van der Waals surface area contributed by atoms with E-state index in [1.54, 1.807) is 0 Å². The highest BCUT2D eigenvalue weighted by molar-refractivity contribution is 6.18. The smallest absolute Gasteiger partial charge is 0.0965 e. The summed E-state index contributed by atoms with van der Waals surface area (Å²) in [5.41, 5.74) is 2.79. The van der Waals surface area contributed by atoms with Crippen LogP contribution in [0.2, 0.25) is 0 Å². The van der Waals surface area contributed by atoms with Gasteiger partial charge >= 0.3 is 0 Å². The molecule has 0 amide bonds. The topological polar surface area (TPSA) is 24.7 Å². The van der Waals surface area contributed by atoms with Gasteiger partial charge in [0.1, 0.15) is 0 Å². The van der Waals surface area contributed by atoms with E-state index < -0.39 is 0 Å². The summed E-state index contributed by atoms with van der Waals surface area (Å²) in [6.07, 6.45) is 19.2. The summed E-state index contributed by atoms with van der Waals surface area (Å²) in [5, 5.41) is 0. The van der Waals surface area contributed by atoms with Gasteiger partial charge in [0.2, 0.25) is 6.17 Å². The highest BCUT2D eigenvalue weighted by Gasteiger charge is 2.36. The van der Waals surface area contributed by atoms with Crippen LogP contribution in [0.15, 0.2) is 70.6 Å². The maximum atomic E-state index is 4.65. The lowest BCUT2D eigenvalue weighted by Gasteiger charge is -2.26. The number of rotatable bonds is 15. The molecule has 2 unspecified atom stereocenters. The first-order chi connectivity index (χ1) is 15.4. The Morgan fingerprint density at radius 1 is 0.677 bits per heavy atom. The van der Waals surface area contributed by atoms with Gasteiger partial charge in [0.15, 0.2) is 12.4 Å². The van der Waals surface area contributed by atoms with Crippen LogP contribution in [0, 0.1) is 12.1 Å². The third-order valence-electron chi connectivity index (χ3n) is 6.44. The minimum Gasteiger partial charge on any atom is -0.0965 e. The molecular weight excluding hydrogens is 376 g/mol. The number of unbranched alkanes of at least 4 members (excludes halogenated alkanes) is 8. The van der Waals surface area contributed by atoms with Crippen molar-refractivity contribution < 1.29 is 0 Å². The molecule has 2 aromatic carbocycles. The average molecular weight is 416 g/mol. The van der Waals surface area contributed by atoms with Gasteiger partial charge in [0, 0.05) is 5.92 Å². The van der Waals surface area contributed by atoms with Crippen molar-refractivity contribution >= 4 is 12.4 Å². The molecule has 0 fully saturated rings. The molecule has 2 nitrogen and oxygen atoms in total. The molecule has 0 N–H and O–H groups in total. The predicted octanol–water partition coefficient (Wildman–Crippen LogP) is 8.19. The summed E-state index contributed by atoms with van der Waals surface area (Å²) in [6.45, 7) is 2.29. The molecule has 1 aliphatic rings. The molecule has 0 bridgehead atoms. The number of nitrogens with zero attached hydrogens (tertiary/aromatic N) is 2. The fourth-order valence-corrected chi connectivity index (χ4v) is 4.69. The van der Waals surface area contributed by atoms with Gasteiger partial charge in [-0.3, -0.25) is 0 Å². The third kappa shape index (κ3) is 8.01. The Balaban J connectivity index is 1.61. The molecule has 164 valence electrons. The SMILES string of the molecule is CCCCCCCCCCCC([C+]1N=CC=N1)C(Cc1ccccc1)c1ccccc1. The number of aliphatic imine (C=N–C) groups is 2. The van der Waals surface area contributed by atoms with Crippen LogP contribution in [-0.4, -0.2) is 12.4 Å². The van der Waals surface area contributed by atoms with Crippen molar-refractivity contribution in [2.75, 3.05) is 0 Å².